The van der Waals surface area contributed by atoms with Crippen LogP contribution in [0.3, 0.4) is 0 Å². The maximum absolute atomic E-state index is 14.0. The molecule has 3 rings (SSSR count). The van der Waals surface area contributed by atoms with Crippen LogP contribution in [0.25, 0.3) is 0 Å². The van der Waals surface area contributed by atoms with E-state index in [1.165, 1.54) is 36.4 Å². The second kappa shape index (κ2) is 5.72. The molecule has 0 spiro atoms. The fourth-order valence-electron chi connectivity index (χ4n) is 2.20. The van der Waals surface area contributed by atoms with Crippen LogP contribution in [0.1, 0.15) is 0 Å². The van der Waals surface area contributed by atoms with Crippen LogP contribution < -0.4 is 9.47 Å². The third-order valence-corrected chi connectivity index (χ3v) is 3.49. The largest absolute Gasteiger partial charge is 0.451 e. The lowest BCUT2D eigenvalue weighted by Crippen LogP contribution is -2.50. The quantitative estimate of drug-likeness (QED) is 0.691. The SMILES string of the molecule is FC1(F)C(Oc2ccccc2)=C(Oc2ccccc2)C(F)(F)C1(F)F. The summed E-state index contributed by atoms with van der Waals surface area (Å²) in [6.45, 7) is 0. The minimum atomic E-state index is -5.70. The van der Waals surface area contributed by atoms with Gasteiger partial charge in [0.1, 0.15) is 11.5 Å². The van der Waals surface area contributed by atoms with E-state index < -0.39 is 29.3 Å². The number of para-hydroxylation sites is 2. The Labute approximate surface area is 138 Å². The van der Waals surface area contributed by atoms with Gasteiger partial charge in [-0.15, -0.1) is 0 Å². The molecule has 0 amide bonds. The molecule has 0 fully saturated rings. The van der Waals surface area contributed by atoms with Gasteiger partial charge in [0.15, 0.2) is 0 Å². The van der Waals surface area contributed by atoms with Gasteiger partial charge >= 0.3 is 17.8 Å². The standard InChI is InChI=1S/C17H10F6O2/c18-15(19)13(24-11-7-3-1-4-8-11)14(16(20,21)17(15,22)23)25-12-9-5-2-6-10-12/h1-10H. The molecule has 8 heteroatoms. The van der Waals surface area contributed by atoms with Crippen molar-refractivity contribution in [2.45, 2.75) is 17.8 Å². The number of hydrogen-bond acceptors (Lipinski definition) is 2. The number of hydrogen-bond donors (Lipinski definition) is 0. The van der Waals surface area contributed by atoms with E-state index in [0.29, 0.717) is 0 Å². The first kappa shape index (κ1) is 17.2. The van der Waals surface area contributed by atoms with E-state index >= 15 is 0 Å². The highest BCUT2D eigenvalue weighted by molar-refractivity contribution is 5.39. The van der Waals surface area contributed by atoms with Gasteiger partial charge in [0, 0.05) is 0 Å². The number of rotatable bonds is 4. The molecule has 1 aliphatic rings. The highest BCUT2D eigenvalue weighted by Gasteiger charge is 2.83. The van der Waals surface area contributed by atoms with E-state index in [2.05, 4.69) is 0 Å². The van der Waals surface area contributed by atoms with Crippen molar-refractivity contribution in [3.8, 4) is 11.5 Å². The predicted molar refractivity (Wildman–Crippen MR) is 76.0 cm³/mol. The van der Waals surface area contributed by atoms with Crippen LogP contribution in [0.5, 0.6) is 11.5 Å². The van der Waals surface area contributed by atoms with Gasteiger partial charge in [0.05, 0.1) is 0 Å². The Balaban J connectivity index is 2.11. The molecular weight excluding hydrogens is 350 g/mol. The minimum Gasteiger partial charge on any atom is -0.451 e. The van der Waals surface area contributed by atoms with Gasteiger partial charge in [-0.2, -0.15) is 26.3 Å². The van der Waals surface area contributed by atoms with Crippen molar-refractivity contribution in [1.29, 1.82) is 0 Å². The van der Waals surface area contributed by atoms with Gasteiger partial charge in [0.25, 0.3) is 0 Å². The monoisotopic (exact) mass is 360 g/mol. The fraction of sp³-hybridized carbons (Fsp3) is 0.176. The predicted octanol–water partition coefficient (Wildman–Crippen LogP) is 5.28. The van der Waals surface area contributed by atoms with Gasteiger partial charge in [-0.3, -0.25) is 0 Å². The Hall–Kier alpha value is -2.64. The molecule has 132 valence electrons. The molecule has 1 aliphatic carbocycles. The van der Waals surface area contributed by atoms with Crippen molar-refractivity contribution in [3.05, 3.63) is 72.2 Å². The van der Waals surface area contributed by atoms with Crippen molar-refractivity contribution in [2.24, 2.45) is 0 Å². The molecule has 0 atom stereocenters. The second-order valence-electron chi connectivity index (χ2n) is 5.21. The van der Waals surface area contributed by atoms with Crippen molar-refractivity contribution < 1.29 is 35.8 Å². The van der Waals surface area contributed by atoms with E-state index in [1.807, 2.05) is 0 Å². The number of halogens is 6. The van der Waals surface area contributed by atoms with Crippen molar-refractivity contribution in [1.82, 2.24) is 0 Å². The van der Waals surface area contributed by atoms with Gasteiger partial charge in [0.2, 0.25) is 11.5 Å². The van der Waals surface area contributed by atoms with Gasteiger partial charge in [-0.05, 0) is 24.3 Å². The molecule has 0 bridgehead atoms. The van der Waals surface area contributed by atoms with Gasteiger partial charge in [-0.25, -0.2) is 0 Å². The number of ether oxygens (including phenoxy) is 2. The summed E-state index contributed by atoms with van der Waals surface area (Å²) in [6, 6.07) is 13.2. The van der Waals surface area contributed by atoms with Crippen molar-refractivity contribution >= 4 is 0 Å². The first-order chi connectivity index (χ1) is 11.7. The van der Waals surface area contributed by atoms with Crippen LogP contribution in [0.4, 0.5) is 26.3 Å². The van der Waals surface area contributed by atoms with E-state index in [9.17, 15) is 26.3 Å². The number of alkyl halides is 6. The second-order valence-corrected chi connectivity index (χ2v) is 5.21. The van der Waals surface area contributed by atoms with E-state index in [4.69, 9.17) is 9.47 Å². The highest BCUT2D eigenvalue weighted by atomic mass is 19.3. The van der Waals surface area contributed by atoms with Crippen LogP contribution in [0.15, 0.2) is 72.2 Å². The molecule has 0 heterocycles. The zero-order chi connectivity index (χ0) is 18.3. The smallest absolute Gasteiger partial charge is 0.387 e. The van der Waals surface area contributed by atoms with Crippen LogP contribution in [-0.4, -0.2) is 17.8 Å². The van der Waals surface area contributed by atoms with Crippen LogP contribution in [-0.2, 0) is 0 Å². The molecule has 2 aromatic rings. The molecule has 2 nitrogen and oxygen atoms in total. The highest BCUT2D eigenvalue weighted by Crippen LogP contribution is 2.59. The molecule has 0 aromatic heterocycles. The Bertz CT molecular complexity index is 722. The maximum atomic E-state index is 14.0. The first-order valence-electron chi connectivity index (χ1n) is 7.02. The summed E-state index contributed by atoms with van der Waals surface area (Å²) in [4.78, 5) is 0. The molecule has 0 saturated heterocycles. The lowest BCUT2D eigenvalue weighted by molar-refractivity contribution is -0.273. The van der Waals surface area contributed by atoms with E-state index in [-0.39, 0.29) is 11.5 Å². The summed E-state index contributed by atoms with van der Waals surface area (Å²) < 4.78 is 92.9. The Morgan fingerprint density at radius 2 is 0.840 bits per heavy atom. The van der Waals surface area contributed by atoms with E-state index in [0.717, 1.165) is 24.3 Å². The summed E-state index contributed by atoms with van der Waals surface area (Å²) in [5.74, 6) is -20.7. The normalized spacial score (nSPS) is 20.4. The third kappa shape index (κ3) is 2.61. The van der Waals surface area contributed by atoms with Crippen molar-refractivity contribution in [2.75, 3.05) is 0 Å². The average molecular weight is 360 g/mol. The summed E-state index contributed by atoms with van der Waals surface area (Å²) in [5.41, 5.74) is 0. The topological polar surface area (TPSA) is 18.5 Å². The lowest BCUT2D eigenvalue weighted by atomic mass is 10.1. The average Bonchev–Trinajstić information content (AvgIpc) is 2.67. The minimum absolute atomic E-state index is 0.306. The number of benzene rings is 2. The molecule has 0 unspecified atom stereocenters. The Kier molecular flexibility index (Phi) is 3.93. The summed E-state index contributed by atoms with van der Waals surface area (Å²) >= 11 is 0. The Morgan fingerprint density at radius 3 is 1.16 bits per heavy atom. The molecule has 0 radical (unpaired) electrons. The van der Waals surface area contributed by atoms with Crippen LogP contribution in [0, 0.1) is 0 Å². The van der Waals surface area contributed by atoms with Crippen LogP contribution >= 0.6 is 0 Å². The number of allylic oxidation sites excluding steroid dienone is 2. The maximum Gasteiger partial charge on any atom is 0.387 e. The van der Waals surface area contributed by atoms with E-state index in [1.54, 1.807) is 0 Å². The molecular formula is C17H10F6O2. The molecule has 0 N–H and O–H groups in total. The zero-order valence-corrected chi connectivity index (χ0v) is 12.4. The molecule has 25 heavy (non-hydrogen) atoms. The fourth-order valence-corrected chi connectivity index (χ4v) is 2.20. The lowest BCUT2D eigenvalue weighted by Gasteiger charge is -2.24. The molecule has 2 aromatic carbocycles. The summed E-state index contributed by atoms with van der Waals surface area (Å²) in [7, 11) is 0. The van der Waals surface area contributed by atoms with Crippen LogP contribution in [0.2, 0.25) is 0 Å². The molecule has 0 aliphatic heterocycles. The molecule has 0 saturated carbocycles. The summed E-state index contributed by atoms with van der Waals surface area (Å²) in [6.07, 6.45) is 0. The Morgan fingerprint density at radius 1 is 0.520 bits per heavy atom. The van der Waals surface area contributed by atoms with Crippen molar-refractivity contribution in [3.63, 3.8) is 0 Å². The van der Waals surface area contributed by atoms with Gasteiger partial charge < -0.3 is 9.47 Å². The van der Waals surface area contributed by atoms with Gasteiger partial charge in [-0.1, -0.05) is 36.4 Å². The summed E-state index contributed by atoms with van der Waals surface area (Å²) in [5, 5.41) is 0. The third-order valence-electron chi connectivity index (χ3n) is 3.49. The zero-order valence-electron chi connectivity index (χ0n) is 12.4. The first-order valence-corrected chi connectivity index (χ1v) is 7.02.